The summed E-state index contributed by atoms with van der Waals surface area (Å²) in [6.45, 7) is 0.322. The molecule has 2 amide bonds. The molecule has 114 valence electrons. The van der Waals surface area contributed by atoms with E-state index in [-0.39, 0.29) is 18.8 Å². The van der Waals surface area contributed by atoms with E-state index in [0.717, 1.165) is 10.5 Å². The normalized spacial score (nSPS) is 21.3. The van der Waals surface area contributed by atoms with Gasteiger partial charge >= 0.3 is 12.0 Å². The Morgan fingerprint density at radius 1 is 1.33 bits per heavy atom. The molecule has 7 heteroatoms. The molecule has 1 fully saturated rings. The Kier molecular flexibility index (Phi) is 4.74. The molecule has 1 aliphatic rings. The van der Waals surface area contributed by atoms with Crippen molar-refractivity contribution in [1.29, 1.82) is 0 Å². The first-order valence-electron chi connectivity index (χ1n) is 6.67. The molecule has 1 heterocycles. The topological polar surface area (TPSA) is 89.9 Å². The van der Waals surface area contributed by atoms with Crippen LogP contribution in [0.5, 0.6) is 0 Å². The Balaban J connectivity index is 1.84. The van der Waals surface area contributed by atoms with Gasteiger partial charge in [0.2, 0.25) is 0 Å². The molecule has 2 unspecified atom stereocenters. The smallest absolute Gasteiger partial charge is 0.326 e. The summed E-state index contributed by atoms with van der Waals surface area (Å²) in [5.74, 6) is -1.45. The number of carboxylic acid groups (broad SMARTS) is 1. The number of aliphatic carboxylic acids is 1. The van der Waals surface area contributed by atoms with Crippen LogP contribution in [0.4, 0.5) is 9.18 Å². The highest BCUT2D eigenvalue weighted by Crippen LogP contribution is 2.18. The minimum atomic E-state index is -1.12. The quantitative estimate of drug-likeness (QED) is 0.759. The van der Waals surface area contributed by atoms with E-state index in [2.05, 4.69) is 5.32 Å². The number of aliphatic hydroxyl groups is 1. The number of urea groups is 1. The number of β-amino-alcohol motifs (C(OH)–C–C–N with tert-alkyl or cyclic N) is 1. The molecule has 2 rings (SSSR count). The third-order valence-corrected chi connectivity index (χ3v) is 3.43. The van der Waals surface area contributed by atoms with Crippen molar-refractivity contribution < 1.29 is 24.2 Å². The summed E-state index contributed by atoms with van der Waals surface area (Å²) in [5, 5.41) is 21.1. The molecule has 21 heavy (non-hydrogen) atoms. The van der Waals surface area contributed by atoms with Gasteiger partial charge in [0.05, 0.1) is 6.10 Å². The molecule has 2 atom stereocenters. The Labute approximate surface area is 121 Å². The molecular formula is C14H17FN2O4. The molecule has 0 radical (unpaired) electrons. The molecule has 3 N–H and O–H groups in total. The molecule has 1 saturated heterocycles. The van der Waals surface area contributed by atoms with Crippen LogP contribution in [0, 0.1) is 5.82 Å². The molecule has 1 aromatic carbocycles. The van der Waals surface area contributed by atoms with Crippen molar-refractivity contribution in [3.63, 3.8) is 0 Å². The maximum atomic E-state index is 12.7. The van der Waals surface area contributed by atoms with Gasteiger partial charge in [-0.05, 0) is 24.1 Å². The number of halogens is 1. The summed E-state index contributed by atoms with van der Waals surface area (Å²) in [6, 6.07) is 4.43. The molecule has 0 spiro atoms. The Morgan fingerprint density at radius 3 is 2.62 bits per heavy atom. The number of benzene rings is 1. The standard InChI is InChI=1S/C14H17FN2O4/c15-10-3-1-9(2-4-10)5-6-16-14(21)17-8-11(18)7-12(17)13(19)20/h1-4,11-12,18H,5-8H2,(H,16,21)(H,19,20). The van der Waals surface area contributed by atoms with Crippen molar-refractivity contribution >= 4 is 12.0 Å². The summed E-state index contributed by atoms with van der Waals surface area (Å²) in [6.07, 6.45) is -0.255. The number of rotatable bonds is 4. The van der Waals surface area contributed by atoms with E-state index < -0.39 is 24.1 Å². The second-order valence-electron chi connectivity index (χ2n) is 5.00. The van der Waals surface area contributed by atoms with E-state index in [0.29, 0.717) is 13.0 Å². The zero-order valence-electron chi connectivity index (χ0n) is 11.3. The zero-order valence-corrected chi connectivity index (χ0v) is 11.3. The van der Waals surface area contributed by atoms with Gasteiger partial charge in [-0.2, -0.15) is 0 Å². The minimum absolute atomic E-state index is 0.0132. The fourth-order valence-corrected chi connectivity index (χ4v) is 2.34. The highest BCUT2D eigenvalue weighted by Gasteiger charge is 2.38. The lowest BCUT2D eigenvalue weighted by atomic mass is 10.1. The molecule has 6 nitrogen and oxygen atoms in total. The van der Waals surface area contributed by atoms with Crippen molar-refractivity contribution in [3.8, 4) is 0 Å². The van der Waals surface area contributed by atoms with Gasteiger partial charge in [0.15, 0.2) is 0 Å². The van der Waals surface area contributed by atoms with Crippen molar-refractivity contribution in [3.05, 3.63) is 35.6 Å². The molecular weight excluding hydrogens is 279 g/mol. The van der Waals surface area contributed by atoms with E-state index in [1.54, 1.807) is 12.1 Å². The van der Waals surface area contributed by atoms with Crippen LogP contribution in [0.15, 0.2) is 24.3 Å². The maximum absolute atomic E-state index is 12.7. The van der Waals surface area contributed by atoms with E-state index in [1.165, 1.54) is 12.1 Å². The lowest BCUT2D eigenvalue weighted by Gasteiger charge is -2.21. The first-order chi connectivity index (χ1) is 9.97. The first kappa shape index (κ1) is 15.2. The lowest BCUT2D eigenvalue weighted by Crippen LogP contribution is -2.46. The van der Waals surface area contributed by atoms with Crippen LogP contribution in [0.2, 0.25) is 0 Å². The van der Waals surface area contributed by atoms with Crippen LogP contribution >= 0.6 is 0 Å². The Hall–Kier alpha value is -2.15. The van der Waals surface area contributed by atoms with Gasteiger partial charge in [-0.25, -0.2) is 14.0 Å². The summed E-state index contributed by atoms with van der Waals surface area (Å²) in [5.41, 5.74) is 0.868. The Morgan fingerprint density at radius 2 is 2.00 bits per heavy atom. The van der Waals surface area contributed by atoms with Gasteiger partial charge in [-0.1, -0.05) is 12.1 Å². The van der Waals surface area contributed by atoms with Crippen LogP contribution in [0.1, 0.15) is 12.0 Å². The zero-order chi connectivity index (χ0) is 15.4. The van der Waals surface area contributed by atoms with E-state index in [1.807, 2.05) is 0 Å². The van der Waals surface area contributed by atoms with Crippen molar-refractivity contribution in [2.45, 2.75) is 25.0 Å². The number of carbonyl (C=O) groups is 2. The van der Waals surface area contributed by atoms with Gasteiger partial charge in [0, 0.05) is 19.5 Å². The maximum Gasteiger partial charge on any atom is 0.326 e. The second kappa shape index (κ2) is 6.53. The van der Waals surface area contributed by atoms with Crippen molar-refractivity contribution in [2.24, 2.45) is 0 Å². The number of aliphatic hydroxyl groups excluding tert-OH is 1. The molecule has 0 saturated carbocycles. The van der Waals surface area contributed by atoms with Gasteiger partial charge in [0.1, 0.15) is 11.9 Å². The van der Waals surface area contributed by atoms with Gasteiger partial charge in [-0.15, -0.1) is 0 Å². The summed E-state index contributed by atoms with van der Waals surface area (Å²) in [4.78, 5) is 24.1. The number of amides is 2. The average molecular weight is 296 g/mol. The monoisotopic (exact) mass is 296 g/mol. The van der Waals surface area contributed by atoms with Crippen LogP contribution in [-0.2, 0) is 11.2 Å². The average Bonchev–Trinajstić information content (AvgIpc) is 2.83. The van der Waals surface area contributed by atoms with E-state index in [4.69, 9.17) is 5.11 Å². The Bertz CT molecular complexity index is 520. The second-order valence-corrected chi connectivity index (χ2v) is 5.00. The summed E-state index contributed by atoms with van der Waals surface area (Å²) < 4.78 is 12.7. The summed E-state index contributed by atoms with van der Waals surface area (Å²) in [7, 11) is 0. The van der Waals surface area contributed by atoms with E-state index in [9.17, 15) is 19.1 Å². The van der Waals surface area contributed by atoms with Gasteiger partial charge in [0.25, 0.3) is 0 Å². The number of carboxylic acids is 1. The SMILES string of the molecule is O=C(O)C1CC(O)CN1C(=O)NCCc1ccc(F)cc1. The third kappa shape index (κ3) is 3.91. The van der Waals surface area contributed by atoms with Crippen molar-refractivity contribution in [1.82, 2.24) is 10.2 Å². The number of nitrogens with one attached hydrogen (secondary N) is 1. The van der Waals surface area contributed by atoms with Crippen molar-refractivity contribution in [2.75, 3.05) is 13.1 Å². The fraction of sp³-hybridized carbons (Fsp3) is 0.429. The van der Waals surface area contributed by atoms with Crippen LogP contribution in [-0.4, -0.2) is 52.3 Å². The van der Waals surface area contributed by atoms with E-state index >= 15 is 0 Å². The van der Waals surface area contributed by atoms with Crippen LogP contribution < -0.4 is 5.32 Å². The third-order valence-electron chi connectivity index (χ3n) is 3.43. The molecule has 1 aromatic rings. The number of hydrogen-bond acceptors (Lipinski definition) is 3. The molecule has 1 aliphatic heterocycles. The number of hydrogen-bond donors (Lipinski definition) is 3. The molecule has 0 aliphatic carbocycles. The van der Waals surface area contributed by atoms with Crippen LogP contribution in [0.25, 0.3) is 0 Å². The highest BCUT2D eigenvalue weighted by molar-refractivity contribution is 5.83. The predicted molar refractivity (Wildman–Crippen MR) is 72.3 cm³/mol. The van der Waals surface area contributed by atoms with Gasteiger partial charge < -0.3 is 20.4 Å². The first-order valence-corrected chi connectivity index (χ1v) is 6.67. The number of likely N-dealkylation sites (tertiary alicyclic amines) is 1. The number of carbonyl (C=O) groups excluding carboxylic acids is 1. The molecule has 0 aromatic heterocycles. The predicted octanol–water partition coefficient (Wildman–Crippen LogP) is 0.598. The summed E-state index contributed by atoms with van der Waals surface area (Å²) >= 11 is 0. The van der Waals surface area contributed by atoms with Gasteiger partial charge in [-0.3, -0.25) is 0 Å². The minimum Gasteiger partial charge on any atom is -0.480 e. The number of nitrogens with zero attached hydrogens (tertiary/aromatic N) is 1. The fourth-order valence-electron chi connectivity index (χ4n) is 2.34. The molecule has 0 bridgehead atoms. The lowest BCUT2D eigenvalue weighted by molar-refractivity contribution is -0.141. The largest absolute Gasteiger partial charge is 0.480 e. The van der Waals surface area contributed by atoms with Crippen LogP contribution in [0.3, 0.4) is 0 Å². The highest BCUT2D eigenvalue weighted by atomic mass is 19.1.